The van der Waals surface area contributed by atoms with Crippen molar-refractivity contribution >= 4 is 23.5 Å². The second kappa shape index (κ2) is 12.2. The van der Waals surface area contributed by atoms with Crippen molar-refractivity contribution < 1.29 is 32.6 Å². The van der Waals surface area contributed by atoms with E-state index in [4.69, 9.17) is 25.8 Å². The molecule has 208 valence electrons. The molecule has 0 radical (unpaired) electrons. The molecule has 2 heterocycles. The second-order valence-corrected chi connectivity index (χ2v) is 10.3. The van der Waals surface area contributed by atoms with Gasteiger partial charge in [0.1, 0.15) is 17.4 Å². The molecule has 1 atom stereocenters. The maximum Gasteiger partial charge on any atom is 0.335 e. The van der Waals surface area contributed by atoms with Crippen LogP contribution in [0.2, 0.25) is 5.02 Å². The molecule has 40 heavy (non-hydrogen) atoms. The number of carbonyl (C=O) groups is 2. The third-order valence-corrected chi connectivity index (χ3v) is 7.48. The van der Waals surface area contributed by atoms with Gasteiger partial charge in [0.25, 0.3) is 0 Å². The summed E-state index contributed by atoms with van der Waals surface area (Å²) in [5.41, 5.74) is 1.64. The van der Waals surface area contributed by atoms with E-state index in [9.17, 15) is 18.4 Å². The minimum absolute atomic E-state index is 0.170. The average Bonchev–Trinajstić information content (AvgIpc) is 3.08. The van der Waals surface area contributed by atoms with Crippen LogP contribution in [0.3, 0.4) is 0 Å². The lowest BCUT2D eigenvalue weighted by atomic mass is 9.75. The first-order valence-electron chi connectivity index (χ1n) is 13.1. The zero-order valence-corrected chi connectivity index (χ0v) is 22.4. The van der Waals surface area contributed by atoms with Gasteiger partial charge in [-0.05, 0) is 78.4 Å². The Labute approximate surface area is 236 Å². The minimum Gasteiger partial charge on any atom is -0.494 e. The molecule has 3 aromatic carbocycles. The first kappa shape index (κ1) is 27.8. The molecule has 1 fully saturated rings. The molecule has 0 aromatic heterocycles. The van der Waals surface area contributed by atoms with Gasteiger partial charge in [-0.25, -0.2) is 23.3 Å². The summed E-state index contributed by atoms with van der Waals surface area (Å²) < 4.78 is 45.1. The van der Waals surface area contributed by atoms with Gasteiger partial charge in [-0.1, -0.05) is 35.9 Å². The Kier molecular flexibility index (Phi) is 8.47. The van der Waals surface area contributed by atoms with Crippen molar-refractivity contribution in [2.24, 2.45) is 5.92 Å². The van der Waals surface area contributed by atoms with Crippen LogP contribution in [0.15, 0.2) is 84.9 Å². The zero-order valence-electron chi connectivity index (χ0n) is 21.6. The number of rotatable bonds is 8. The fourth-order valence-electron chi connectivity index (χ4n) is 5.43. The molecule has 5 rings (SSSR count). The summed E-state index contributed by atoms with van der Waals surface area (Å²) in [7, 11) is 0. The van der Waals surface area contributed by atoms with E-state index in [1.807, 2.05) is 4.90 Å². The van der Waals surface area contributed by atoms with E-state index >= 15 is 0 Å². The third kappa shape index (κ3) is 6.51. The Morgan fingerprint density at radius 2 is 1.43 bits per heavy atom. The topological polar surface area (TPSA) is 65.1 Å². The van der Waals surface area contributed by atoms with Crippen LogP contribution in [0.25, 0.3) is 0 Å². The first-order valence-corrected chi connectivity index (χ1v) is 13.5. The van der Waals surface area contributed by atoms with Gasteiger partial charge < -0.3 is 14.2 Å². The minimum atomic E-state index is -1.64. The lowest BCUT2D eigenvalue weighted by Crippen LogP contribution is -2.59. The molecule has 0 N–H and O–H groups in total. The summed E-state index contributed by atoms with van der Waals surface area (Å²) in [5.74, 6) is -3.55. The molecule has 2 aliphatic heterocycles. The van der Waals surface area contributed by atoms with E-state index < -0.39 is 17.8 Å². The highest BCUT2D eigenvalue weighted by Gasteiger charge is 2.51. The Hall–Kier alpha value is -3.75. The van der Waals surface area contributed by atoms with Crippen LogP contribution in [0.4, 0.5) is 8.78 Å². The van der Waals surface area contributed by atoms with E-state index in [2.05, 4.69) is 0 Å². The van der Waals surface area contributed by atoms with Gasteiger partial charge in [-0.2, -0.15) is 0 Å². The Bertz CT molecular complexity index is 1300. The van der Waals surface area contributed by atoms with Crippen LogP contribution >= 0.6 is 11.6 Å². The summed E-state index contributed by atoms with van der Waals surface area (Å²) in [6.07, 6.45) is 3.50. The van der Waals surface area contributed by atoms with Crippen LogP contribution in [-0.2, 0) is 19.1 Å². The largest absolute Gasteiger partial charge is 0.494 e. The van der Waals surface area contributed by atoms with Crippen LogP contribution < -0.4 is 4.74 Å². The predicted octanol–water partition coefficient (Wildman–Crippen LogP) is 6.24. The Morgan fingerprint density at radius 1 is 0.875 bits per heavy atom. The molecule has 1 saturated heterocycles. The maximum absolute atomic E-state index is 13.8. The number of benzene rings is 3. The number of nitrogens with zero attached hydrogens (tertiary/aromatic N) is 1. The number of carbonyl (C=O) groups excluding carboxylic acids is 2. The van der Waals surface area contributed by atoms with Gasteiger partial charge in [0.2, 0.25) is 0 Å². The van der Waals surface area contributed by atoms with Crippen molar-refractivity contribution in [3.05, 3.63) is 113 Å². The van der Waals surface area contributed by atoms with Crippen molar-refractivity contribution in [1.82, 2.24) is 4.90 Å². The van der Waals surface area contributed by atoms with Gasteiger partial charge in [-0.3, -0.25) is 0 Å². The molecule has 9 heteroatoms. The molecule has 1 unspecified atom stereocenters. The van der Waals surface area contributed by atoms with Gasteiger partial charge in [0.15, 0.2) is 0 Å². The van der Waals surface area contributed by atoms with E-state index in [-0.39, 0.29) is 29.9 Å². The predicted molar refractivity (Wildman–Crippen MR) is 145 cm³/mol. The van der Waals surface area contributed by atoms with Crippen LogP contribution in [0.1, 0.15) is 36.3 Å². The van der Waals surface area contributed by atoms with E-state index in [1.54, 1.807) is 48.5 Å². The lowest BCUT2D eigenvalue weighted by molar-refractivity contribution is -0.300. The number of halogens is 3. The smallest absolute Gasteiger partial charge is 0.335 e. The SMILES string of the molecule is O=C1C=CC(=O)OC2(CC(C(c3ccc(F)cc3)c3ccc(F)cc3)CCN2CCCOc2ccc(Cl)cc2)O1. The van der Waals surface area contributed by atoms with Crippen molar-refractivity contribution in [3.63, 3.8) is 0 Å². The normalized spacial score (nSPS) is 18.9. The van der Waals surface area contributed by atoms with Crippen molar-refractivity contribution in [1.29, 1.82) is 0 Å². The number of piperidine rings is 1. The summed E-state index contributed by atoms with van der Waals surface area (Å²) in [4.78, 5) is 27.0. The van der Waals surface area contributed by atoms with Crippen LogP contribution in [0, 0.1) is 17.6 Å². The van der Waals surface area contributed by atoms with E-state index in [0.29, 0.717) is 43.3 Å². The number of hydrogen-bond donors (Lipinski definition) is 0. The van der Waals surface area contributed by atoms with E-state index in [1.165, 1.54) is 24.3 Å². The van der Waals surface area contributed by atoms with E-state index in [0.717, 1.165) is 23.3 Å². The molecule has 0 aliphatic carbocycles. The quantitative estimate of drug-likeness (QED) is 0.237. The zero-order chi connectivity index (χ0) is 28.1. The number of hydrogen-bond acceptors (Lipinski definition) is 6. The molecule has 1 spiro atoms. The summed E-state index contributed by atoms with van der Waals surface area (Å²) in [6, 6.07) is 19.4. The summed E-state index contributed by atoms with van der Waals surface area (Å²) >= 11 is 5.94. The maximum atomic E-state index is 13.8. The molecule has 2 aliphatic rings. The molecule has 0 bridgehead atoms. The molecular formula is C31H28ClF2NO5. The summed E-state index contributed by atoms with van der Waals surface area (Å²) in [5, 5.41) is 0.613. The Balaban J connectivity index is 1.39. The highest BCUT2D eigenvalue weighted by Crippen LogP contribution is 2.45. The molecule has 0 saturated carbocycles. The average molecular weight is 568 g/mol. The molecular weight excluding hydrogens is 540 g/mol. The standard InChI is InChI=1S/C31H28ClF2NO5/c32-24-6-12-27(13-7-24)38-19-1-17-35-18-16-23(20-31(35)39-28(36)14-15-29(37)40-31)30(21-2-8-25(33)9-3-21)22-4-10-26(34)11-5-22/h2-15,23,30H,1,16-20H2. The van der Waals surface area contributed by atoms with Gasteiger partial charge >= 0.3 is 17.8 Å². The number of ether oxygens (including phenoxy) is 3. The van der Waals surface area contributed by atoms with Crippen molar-refractivity contribution in [2.45, 2.75) is 31.1 Å². The third-order valence-electron chi connectivity index (χ3n) is 7.23. The highest BCUT2D eigenvalue weighted by atomic mass is 35.5. The summed E-state index contributed by atoms with van der Waals surface area (Å²) in [6.45, 7) is 1.26. The fourth-order valence-corrected chi connectivity index (χ4v) is 5.55. The second-order valence-electron chi connectivity index (χ2n) is 9.86. The molecule has 3 aromatic rings. The van der Waals surface area contributed by atoms with Gasteiger partial charge in [0.05, 0.1) is 6.61 Å². The molecule has 0 amide bonds. The number of likely N-dealkylation sites (tertiary alicyclic amines) is 1. The van der Waals surface area contributed by atoms with Crippen molar-refractivity contribution in [2.75, 3.05) is 19.7 Å². The van der Waals surface area contributed by atoms with Gasteiger partial charge in [-0.15, -0.1) is 0 Å². The van der Waals surface area contributed by atoms with Crippen LogP contribution in [0.5, 0.6) is 5.75 Å². The molecule has 6 nitrogen and oxygen atoms in total. The van der Waals surface area contributed by atoms with Gasteiger partial charge in [0, 0.05) is 42.6 Å². The monoisotopic (exact) mass is 567 g/mol. The highest BCUT2D eigenvalue weighted by molar-refractivity contribution is 6.30. The lowest BCUT2D eigenvalue weighted by Gasteiger charge is -2.48. The fraction of sp³-hybridized carbons (Fsp3) is 0.290. The van der Waals surface area contributed by atoms with Crippen molar-refractivity contribution in [3.8, 4) is 5.75 Å². The van der Waals surface area contributed by atoms with Crippen LogP contribution in [-0.4, -0.2) is 42.4 Å². The Morgan fingerprint density at radius 3 is 1.98 bits per heavy atom. The first-order chi connectivity index (χ1) is 19.3. The number of esters is 2.